The fourth-order valence-corrected chi connectivity index (χ4v) is 2.71. The van der Waals surface area contributed by atoms with E-state index in [0.29, 0.717) is 36.3 Å². The molecule has 0 spiro atoms. The largest absolute Gasteiger partial charge is 0.494 e. The number of furan rings is 1. The third-order valence-electron chi connectivity index (χ3n) is 4.18. The van der Waals surface area contributed by atoms with Crippen LogP contribution in [0, 0.1) is 18.6 Å². The third-order valence-corrected chi connectivity index (χ3v) is 4.18. The summed E-state index contributed by atoms with van der Waals surface area (Å²) in [5.74, 6) is -0.392. The lowest BCUT2D eigenvalue weighted by Gasteiger charge is -2.16. The van der Waals surface area contributed by atoms with E-state index in [1.165, 1.54) is 23.1 Å². The number of halogens is 2. The average molecular weight is 359 g/mol. The zero-order valence-electron chi connectivity index (χ0n) is 14.6. The maximum Gasteiger partial charge on any atom is 0.289 e. The Morgan fingerprint density at radius 1 is 1.15 bits per heavy atom. The molecule has 0 saturated heterocycles. The number of carbonyl (C=O) groups is 1. The Hall–Kier alpha value is -2.89. The van der Waals surface area contributed by atoms with Crippen molar-refractivity contribution in [3.8, 4) is 5.75 Å². The Balaban J connectivity index is 1.59. The van der Waals surface area contributed by atoms with Crippen LogP contribution < -0.4 is 4.74 Å². The normalized spacial score (nSPS) is 10.9. The molecule has 26 heavy (non-hydrogen) atoms. The van der Waals surface area contributed by atoms with Crippen molar-refractivity contribution >= 4 is 16.9 Å². The number of nitrogens with zero attached hydrogens (tertiary/aromatic N) is 1. The molecule has 1 heterocycles. The molecule has 0 radical (unpaired) electrons. The number of amides is 1. The highest BCUT2D eigenvalue weighted by Crippen LogP contribution is 2.28. The molecule has 0 unspecified atom stereocenters. The first-order chi connectivity index (χ1) is 12.5. The maximum absolute atomic E-state index is 13.8. The summed E-state index contributed by atoms with van der Waals surface area (Å²) in [6, 6.07) is 10.4. The SMILES string of the molecule is Cc1c(C(=O)N(C)CCCOc2ccc(F)cc2)oc2c(F)cccc12. The molecular weight excluding hydrogens is 340 g/mol. The predicted octanol–water partition coefficient (Wildman–Crippen LogP) is 4.56. The summed E-state index contributed by atoms with van der Waals surface area (Å²) >= 11 is 0. The first kappa shape index (κ1) is 17.9. The van der Waals surface area contributed by atoms with Gasteiger partial charge in [0, 0.05) is 24.5 Å². The molecule has 0 atom stereocenters. The van der Waals surface area contributed by atoms with Crippen LogP contribution in [0.5, 0.6) is 5.75 Å². The van der Waals surface area contributed by atoms with Crippen molar-refractivity contribution in [1.29, 1.82) is 0 Å². The average Bonchev–Trinajstić information content (AvgIpc) is 2.98. The van der Waals surface area contributed by atoms with Gasteiger partial charge in [0.05, 0.1) is 6.61 Å². The molecule has 4 nitrogen and oxygen atoms in total. The molecule has 0 aliphatic rings. The first-order valence-electron chi connectivity index (χ1n) is 8.29. The van der Waals surface area contributed by atoms with Gasteiger partial charge in [-0.15, -0.1) is 0 Å². The van der Waals surface area contributed by atoms with E-state index in [-0.39, 0.29) is 23.1 Å². The second-order valence-electron chi connectivity index (χ2n) is 6.06. The zero-order chi connectivity index (χ0) is 18.7. The summed E-state index contributed by atoms with van der Waals surface area (Å²) in [4.78, 5) is 14.1. The summed E-state index contributed by atoms with van der Waals surface area (Å²) in [5, 5.41) is 0.599. The summed E-state index contributed by atoms with van der Waals surface area (Å²) in [5.41, 5.74) is 0.723. The predicted molar refractivity (Wildman–Crippen MR) is 94.4 cm³/mol. The van der Waals surface area contributed by atoms with Crippen molar-refractivity contribution in [3.05, 3.63) is 65.4 Å². The first-order valence-corrected chi connectivity index (χ1v) is 8.29. The van der Waals surface area contributed by atoms with Crippen LogP contribution in [0.4, 0.5) is 8.78 Å². The Morgan fingerprint density at radius 3 is 2.58 bits per heavy atom. The van der Waals surface area contributed by atoms with Crippen LogP contribution in [0.2, 0.25) is 0 Å². The number of fused-ring (bicyclic) bond motifs is 1. The van der Waals surface area contributed by atoms with Gasteiger partial charge < -0.3 is 14.1 Å². The van der Waals surface area contributed by atoms with E-state index in [4.69, 9.17) is 9.15 Å². The summed E-state index contributed by atoms with van der Waals surface area (Å²) in [6.45, 7) is 2.57. The molecule has 1 aromatic heterocycles. The van der Waals surface area contributed by atoms with Crippen LogP contribution in [-0.4, -0.2) is 31.0 Å². The monoisotopic (exact) mass is 359 g/mol. The minimum atomic E-state index is -0.486. The van der Waals surface area contributed by atoms with Crippen LogP contribution in [0.1, 0.15) is 22.5 Å². The zero-order valence-corrected chi connectivity index (χ0v) is 14.6. The smallest absolute Gasteiger partial charge is 0.289 e. The van der Waals surface area contributed by atoms with E-state index < -0.39 is 5.82 Å². The van der Waals surface area contributed by atoms with E-state index in [1.54, 1.807) is 38.2 Å². The molecule has 0 aliphatic carbocycles. The van der Waals surface area contributed by atoms with Gasteiger partial charge in [-0.25, -0.2) is 8.78 Å². The van der Waals surface area contributed by atoms with Gasteiger partial charge in [-0.05, 0) is 43.7 Å². The van der Waals surface area contributed by atoms with Crippen LogP contribution in [0.3, 0.4) is 0 Å². The number of ether oxygens (including phenoxy) is 1. The highest BCUT2D eigenvalue weighted by Gasteiger charge is 2.22. The fourth-order valence-electron chi connectivity index (χ4n) is 2.71. The van der Waals surface area contributed by atoms with Gasteiger partial charge in [0.15, 0.2) is 17.2 Å². The van der Waals surface area contributed by atoms with Gasteiger partial charge in [0.25, 0.3) is 5.91 Å². The molecule has 0 saturated carbocycles. The van der Waals surface area contributed by atoms with Crippen molar-refractivity contribution in [2.75, 3.05) is 20.2 Å². The molecule has 1 amide bonds. The second kappa shape index (κ2) is 7.56. The van der Waals surface area contributed by atoms with Crippen molar-refractivity contribution in [1.82, 2.24) is 4.90 Å². The molecule has 6 heteroatoms. The van der Waals surface area contributed by atoms with Gasteiger partial charge >= 0.3 is 0 Å². The van der Waals surface area contributed by atoms with E-state index in [9.17, 15) is 13.6 Å². The molecule has 0 bridgehead atoms. The van der Waals surface area contributed by atoms with Gasteiger partial charge in [-0.1, -0.05) is 12.1 Å². The lowest BCUT2D eigenvalue weighted by Crippen LogP contribution is -2.28. The Kier molecular flexibility index (Phi) is 5.21. The number of hydrogen-bond acceptors (Lipinski definition) is 3. The Bertz CT molecular complexity index is 919. The fraction of sp³-hybridized carbons (Fsp3) is 0.250. The highest BCUT2D eigenvalue weighted by molar-refractivity contribution is 5.98. The van der Waals surface area contributed by atoms with Gasteiger partial charge in [-0.3, -0.25) is 4.79 Å². The van der Waals surface area contributed by atoms with E-state index in [1.807, 2.05) is 0 Å². The highest BCUT2D eigenvalue weighted by atomic mass is 19.1. The third kappa shape index (κ3) is 3.69. The minimum Gasteiger partial charge on any atom is -0.494 e. The van der Waals surface area contributed by atoms with Crippen LogP contribution in [0.25, 0.3) is 11.0 Å². The summed E-state index contributed by atoms with van der Waals surface area (Å²) < 4.78 is 37.6. The van der Waals surface area contributed by atoms with Gasteiger partial charge in [0.1, 0.15) is 11.6 Å². The van der Waals surface area contributed by atoms with Crippen molar-refractivity contribution < 1.29 is 22.7 Å². The summed E-state index contributed by atoms with van der Waals surface area (Å²) in [7, 11) is 1.66. The second-order valence-corrected chi connectivity index (χ2v) is 6.06. The molecule has 3 rings (SSSR count). The van der Waals surface area contributed by atoms with Crippen LogP contribution in [0.15, 0.2) is 46.9 Å². The standard InChI is InChI=1S/C20H19F2NO3/c1-13-16-5-3-6-17(22)19(16)26-18(13)20(24)23(2)11-4-12-25-15-9-7-14(21)8-10-15/h3,5-10H,4,11-12H2,1-2H3. The maximum atomic E-state index is 13.8. The molecule has 0 fully saturated rings. The van der Waals surface area contributed by atoms with E-state index in [2.05, 4.69) is 0 Å². The number of benzene rings is 2. The molecule has 0 aliphatic heterocycles. The molecule has 136 valence electrons. The molecule has 3 aromatic rings. The molecular formula is C20H19F2NO3. The summed E-state index contributed by atoms with van der Waals surface area (Å²) in [6.07, 6.45) is 0.591. The molecule has 2 aromatic carbocycles. The quantitative estimate of drug-likeness (QED) is 0.606. The van der Waals surface area contributed by atoms with Crippen molar-refractivity contribution in [2.24, 2.45) is 0 Å². The number of aryl methyl sites for hydroxylation is 1. The van der Waals surface area contributed by atoms with Crippen LogP contribution in [-0.2, 0) is 0 Å². The van der Waals surface area contributed by atoms with Crippen LogP contribution >= 0.6 is 0 Å². The van der Waals surface area contributed by atoms with Crippen molar-refractivity contribution in [2.45, 2.75) is 13.3 Å². The number of hydrogen-bond donors (Lipinski definition) is 0. The van der Waals surface area contributed by atoms with Gasteiger partial charge in [-0.2, -0.15) is 0 Å². The number of carbonyl (C=O) groups excluding carboxylic acids is 1. The Morgan fingerprint density at radius 2 is 1.88 bits per heavy atom. The van der Waals surface area contributed by atoms with E-state index >= 15 is 0 Å². The lowest BCUT2D eigenvalue weighted by molar-refractivity contribution is 0.0757. The number of para-hydroxylation sites is 1. The number of rotatable bonds is 6. The lowest BCUT2D eigenvalue weighted by atomic mass is 10.1. The van der Waals surface area contributed by atoms with E-state index in [0.717, 1.165) is 0 Å². The molecule has 0 N–H and O–H groups in total. The minimum absolute atomic E-state index is 0.0985. The Labute approximate surface area is 150 Å². The topological polar surface area (TPSA) is 42.7 Å². The van der Waals surface area contributed by atoms with Crippen molar-refractivity contribution in [3.63, 3.8) is 0 Å². The van der Waals surface area contributed by atoms with Gasteiger partial charge in [0.2, 0.25) is 0 Å².